The molecule has 1 aliphatic carbocycles. The molecule has 92 valence electrons. The lowest BCUT2D eigenvalue weighted by molar-refractivity contribution is 0.0963. The number of aryl methyl sites for hydroxylation is 1. The molecule has 0 aliphatic heterocycles. The Morgan fingerprint density at radius 1 is 1.17 bits per heavy atom. The van der Waals surface area contributed by atoms with Gasteiger partial charge in [0.25, 0.3) is 0 Å². The third-order valence-corrected chi connectivity index (χ3v) is 4.51. The van der Waals surface area contributed by atoms with Crippen molar-refractivity contribution in [3.05, 3.63) is 55.6 Å². The molecule has 3 nitrogen and oxygen atoms in total. The fraction of sp³-hybridized carbons (Fsp3) is 0.286. The van der Waals surface area contributed by atoms with Crippen molar-refractivity contribution in [3.63, 3.8) is 0 Å². The second-order valence-electron chi connectivity index (χ2n) is 4.69. The summed E-state index contributed by atoms with van der Waals surface area (Å²) in [5.74, 6) is 0.338. The minimum atomic E-state index is -0.135. The Kier molecular flexibility index (Phi) is 2.67. The maximum absolute atomic E-state index is 12.1. The summed E-state index contributed by atoms with van der Waals surface area (Å²) in [5, 5.41) is 0. The zero-order valence-corrected chi connectivity index (χ0v) is 10.8. The molecule has 2 aromatic rings. The van der Waals surface area contributed by atoms with E-state index in [1.165, 1.54) is 15.8 Å². The number of hydrogen-bond donors (Lipinski definition) is 1. The van der Waals surface area contributed by atoms with E-state index in [-0.39, 0.29) is 17.3 Å². The van der Waals surface area contributed by atoms with E-state index in [2.05, 4.69) is 24.0 Å². The summed E-state index contributed by atoms with van der Waals surface area (Å²) in [7, 11) is 0. The van der Waals surface area contributed by atoms with E-state index in [9.17, 15) is 9.59 Å². The van der Waals surface area contributed by atoms with Gasteiger partial charge in [0.05, 0.1) is 0 Å². The van der Waals surface area contributed by atoms with Gasteiger partial charge in [-0.25, -0.2) is 0 Å². The first-order chi connectivity index (χ1) is 8.63. The van der Waals surface area contributed by atoms with E-state index in [1.54, 1.807) is 17.4 Å². The maximum Gasteiger partial charge on any atom is 0.248 e. The summed E-state index contributed by atoms with van der Waals surface area (Å²) in [6.07, 6.45) is 1.29. The normalized spacial score (nSPS) is 18.7. The summed E-state index contributed by atoms with van der Waals surface area (Å²) in [5.41, 5.74) is 1.33. The summed E-state index contributed by atoms with van der Waals surface area (Å²) >= 11 is 1.73. The molecule has 0 unspecified atom stereocenters. The van der Waals surface area contributed by atoms with Crippen molar-refractivity contribution in [3.8, 4) is 0 Å². The quantitative estimate of drug-likeness (QED) is 0.856. The first-order valence-corrected chi connectivity index (χ1v) is 6.77. The van der Waals surface area contributed by atoms with Gasteiger partial charge in [0.1, 0.15) is 0 Å². The van der Waals surface area contributed by atoms with E-state index in [1.807, 2.05) is 0 Å². The second kappa shape index (κ2) is 4.21. The Bertz CT molecular complexity index is 668. The highest BCUT2D eigenvalue weighted by Crippen LogP contribution is 2.34. The summed E-state index contributed by atoms with van der Waals surface area (Å²) in [6, 6.07) is 7.23. The molecule has 4 heteroatoms. The lowest BCUT2D eigenvalue weighted by Crippen LogP contribution is -2.22. The minimum Gasteiger partial charge on any atom is -0.325 e. The third kappa shape index (κ3) is 1.93. The molecule has 2 heterocycles. The largest absolute Gasteiger partial charge is 0.325 e. The third-order valence-electron chi connectivity index (χ3n) is 3.35. The molecule has 0 saturated carbocycles. The fourth-order valence-corrected chi connectivity index (χ4v) is 3.44. The van der Waals surface area contributed by atoms with Gasteiger partial charge in [-0.05, 0) is 31.5 Å². The number of pyridine rings is 1. The molecule has 1 atom stereocenters. The maximum atomic E-state index is 12.1. The van der Waals surface area contributed by atoms with E-state index in [4.69, 9.17) is 0 Å². The molecule has 0 saturated heterocycles. The molecular weight excluding hydrogens is 246 g/mol. The van der Waals surface area contributed by atoms with Gasteiger partial charge in [-0.15, -0.1) is 11.3 Å². The Morgan fingerprint density at radius 2 is 2.00 bits per heavy atom. The highest BCUT2D eigenvalue weighted by molar-refractivity contribution is 7.12. The molecule has 0 spiro atoms. The van der Waals surface area contributed by atoms with Gasteiger partial charge < -0.3 is 4.98 Å². The molecule has 1 N–H and O–H groups in total. The zero-order chi connectivity index (χ0) is 12.7. The lowest BCUT2D eigenvalue weighted by Gasteiger charge is -2.22. The standard InChI is InChI=1S/C14H13NO2S/c1-8-2-4-13(18-8)9-6-11-10(12(16)7-9)3-5-14(17)15-11/h2-5,9H,6-7H2,1H3,(H,15,17)/t9-/m1/s1. The van der Waals surface area contributed by atoms with Crippen molar-refractivity contribution < 1.29 is 4.79 Å². The number of H-pyrrole nitrogens is 1. The Morgan fingerprint density at radius 3 is 2.72 bits per heavy atom. The van der Waals surface area contributed by atoms with Crippen LogP contribution in [0.2, 0.25) is 0 Å². The number of rotatable bonds is 1. The van der Waals surface area contributed by atoms with Crippen LogP contribution in [0.25, 0.3) is 0 Å². The first-order valence-electron chi connectivity index (χ1n) is 5.95. The van der Waals surface area contributed by atoms with Gasteiger partial charge in [-0.1, -0.05) is 0 Å². The van der Waals surface area contributed by atoms with Crippen LogP contribution in [-0.2, 0) is 6.42 Å². The molecule has 18 heavy (non-hydrogen) atoms. The van der Waals surface area contributed by atoms with Crippen LogP contribution in [0.1, 0.15) is 38.1 Å². The Labute approximate surface area is 108 Å². The van der Waals surface area contributed by atoms with Crippen LogP contribution in [0.5, 0.6) is 0 Å². The van der Waals surface area contributed by atoms with Crippen LogP contribution in [0.3, 0.4) is 0 Å². The minimum absolute atomic E-state index is 0.128. The summed E-state index contributed by atoms with van der Waals surface area (Å²) in [6.45, 7) is 2.06. The first kappa shape index (κ1) is 11.4. The van der Waals surface area contributed by atoms with E-state index >= 15 is 0 Å². The average molecular weight is 259 g/mol. The molecule has 2 aromatic heterocycles. The Hall–Kier alpha value is -1.68. The lowest BCUT2D eigenvalue weighted by atomic mass is 9.85. The average Bonchev–Trinajstić information content (AvgIpc) is 2.75. The predicted molar refractivity (Wildman–Crippen MR) is 71.5 cm³/mol. The van der Waals surface area contributed by atoms with Crippen LogP contribution >= 0.6 is 11.3 Å². The topological polar surface area (TPSA) is 49.9 Å². The second-order valence-corrected chi connectivity index (χ2v) is 6.01. The monoisotopic (exact) mass is 259 g/mol. The number of carbonyl (C=O) groups is 1. The number of carbonyl (C=O) groups excluding carboxylic acids is 1. The van der Waals surface area contributed by atoms with Crippen molar-refractivity contribution in [1.82, 2.24) is 4.98 Å². The van der Waals surface area contributed by atoms with Crippen LogP contribution < -0.4 is 5.56 Å². The van der Waals surface area contributed by atoms with Gasteiger partial charge in [0.15, 0.2) is 5.78 Å². The van der Waals surface area contributed by atoms with Crippen molar-refractivity contribution in [2.24, 2.45) is 0 Å². The molecule has 0 amide bonds. The van der Waals surface area contributed by atoms with Crippen molar-refractivity contribution in [1.29, 1.82) is 0 Å². The predicted octanol–water partition coefficient (Wildman–Crippen LogP) is 2.66. The number of nitrogens with one attached hydrogen (secondary N) is 1. The highest BCUT2D eigenvalue weighted by Gasteiger charge is 2.27. The molecule has 1 aliphatic rings. The van der Waals surface area contributed by atoms with Crippen molar-refractivity contribution in [2.45, 2.75) is 25.7 Å². The van der Waals surface area contributed by atoms with Gasteiger partial charge in [0, 0.05) is 39.4 Å². The number of aromatic nitrogens is 1. The zero-order valence-electron chi connectivity index (χ0n) is 10.0. The number of Topliss-reactive ketones (excluding diaryl/α,β-unsaturated/α-hetero) is 1. The molecule has 3 rings (SSSR count). The van der Waals surface area contributed by atoms with E-state index in [0.717, 1.165) is 12.1 Å². The number of hydrogen-bond acceptors (Lipinski definition) is 3. The number of aromatic amines is 1. The van der Waals surface area contributed by atoms with Crippen molar-refractivity contribution >= 4 is 17.1 Å². The molecule has 0 fully saturated rings. The van der Waals surface area contributed by atoms with Gasteiger partial charge >= 0.3 is 0 Å². The number of ketones is 1. The highest BCUT2D eigenvalue weighted by atomic mass is 32.1. The van der Waals surface area contributed by atoms with Crippen LogP contribution in [0.15, 0.2) is 29.1 Å². The molecular formula is C14H13NO2S. The number of fused-ring (bicyclic) bond motifs is 1. The van der Waals surface area contributed by atoms with E-state index < -0.39 is 0 Å². The van der Waals surface area contributed by atoms with Crippen molar-refractivity contribution in [2.75, 3.05) is 0 Å². The summed E-state index contributed by atoms with van der Waals surface area (Å²) in [4.78, 5) is 28.7. The molecule has 0 bridgehead atoms. The van der Waals surface area contributed by atoms with Crippen LogP contribution in [0, 0.1) is 6.92 Å². The van der Waals surface area contributed by atoms with Gasteiger partial charge in [0.2, 0.25) is 5.56 Å². The number of thiophene rings is 1. The molecule has 0 aromatic carbocycles. The fourth-order valence-electron chi connectivity index (χ4n) is 2.47. The summed E-state index contributed by atoms with van der Waals surface area (Å²) < 4.78 is 0. The van der Waals surface area contributed by atoms with E-state index in [0.29, 0.717) is 12.0 Å². The van der Waals surface area contributed by atoms with Crippen LogP contribution in [-0.4, -0.2) is 10.8 Å². The van der Waals surface area contributed by atoms with Gasteiger partial charge in [-0.2, -0.15) is 0 Å². The SMILES string of the molecule is Cc1ccc([C@H]2CC(=O)c3ccc(=O)[nH]c3C2)s1. The smallest absolute Gasteiger partial charge is 0.248 e. The molecule has 0 radical (unpaired) electrons. The Balaban J connectivity index is 2.00. The van der Waals surface area contributed by atoms with Gasteiger partial charge in [-0.3, -0.25) is 9.59 Å². The van der Waals surface area contributed by atoms with Crippen LogP contribution in [0.4, 0.5) is 0 Å².